The molecule has 0 bridgehead atoms. The van der Waals surface area contributed by atoms with Crippen LogP contribution in [0.3, 0.4) is 0 Å². The molecule has 1 aliphatic heterocycles. The van der Waals surface area contributed by atoms with Gasteiger partial charge in [-0.05, 0) is 31.7 Å². The van der Waals surface area contributed by atoms with E-state index in [1.807, 2.05) is 37.9 Å². The first kappa shape index (κ1) is 14.8. The summed E-state index contributed by atoms with van der Waals surface area (Å²) >= 11 is 1.81. The summed E-state index contributed by atoms with van der Waals surface area (Å²) in [5.41, 5.74) is 0.989. The molecule has 1 aromatic carbocycles. The Bertz CT molecular complexity index is 531. The van der Waals surface area contributed by atoms with E-state index in [1.165, 1.54) is 0 Å². The average molecular weight is 300 g/mol. The van der Waals surface area contributed by atoms with Crippen LogP contribution in [0.15, 0.2) is 29.2 Å². The predicted molar refractivity (Wildman–Crippen MR) is 79.9 cm³/mol. The molecule has 1 heterocycles. The van der Waals surface area contributed by atoms with Crippen LogP contribution in [0.1, 0.15) is 12.5 Å². The molecule has 1 aliphatic rings. The highest BCUT2D eigenvalue weighted by Gasteiger charge is 2.31. The Kier molecular flexibility index (Phi) is 4.89. The van der Waals surface area contributed by atoms with Gasteiger partial charge in [-0.1, -0.05) is 12.1 Å². The molecule has 1 saturated heterocycles. The third-order valence-corrected chi connectivity index (χ3v) is 6.39. The van der Waals surface area contributed by atoms with Gasteiger partial charge in [0, 0.05) is 30.6 Å². The Hall–Kier alpha value is -0.560. The fourth-order valence-corrected chi connectivity index (χ4v) is 5.15. The zero-order valence-electron chi connectivity index (χ0n) is 11.3. The Morgan fingerprint density at radius 2 is 2.26 bits per heavy atom. The molecule has 1 N–H and O–H groups in total. The largest absolute Gasteiger partial charge is 0.316 e. The van der Waals surface area contributed by atoms with E-state index in [-0.39, 0.29) is 6.04 Å². The normalized spacial score (nSPS) is 21.5. The van der Waals surface area contributed by atoms with Crippen molar-refractivity contribution in [3.05, 3.63) is 29.8 Å². The number of hydrogen-bond acceptors (Lipinski definition) is 4. The molecule has 1 fully saturated rings. The molecule has 1 unspecified atom stereocenters. The quantitative estimate of drug-likeness (QED) is 0.916. The van der Waals surface area contributed by atoms with Gasteiger partial charge in [0.25, 0.3) is 0 Å². The van der Waals surface area contributed by atoms with Gasteiger partial charge in [-0.25, -0.2) is 8.42 Å². The number of rotatable bonds is 4. The second kappa shape index (κ2) is 6.26. The van der Waals surface area contributed by atoms with E-state index in [2.05, 4.69) is 5.32 Å². The standard InChI is InChI=1S/C13H20N2O2S2/c1-11-10-18-7-6-15(11)19(16,17)13-5-3-4-12(8-13)9-14-2/h3-5,8,11,14H,6-7,9-10H2,1-2H3. The van der Waals surface area contributed by atoms with E-state index in [1.54, 1.807) is 16.4 Å². The van der Waals surface area contributed by atoms with Crippen molar-refractivity contribution in [3.63, 3.8) is 0 Å². The lowest BCUT2D eigenvalue weighted by atomic mass is 10.2. The molecule has 1 atom stereocenters. The molecule has 6 heteroatoms. The summed E-state index contributed by atoms with van der Waals surface area (Å²) in [6.07, 6.45) is 0. The maximum atomic E-state index is 12.7. The molecule has 19 heavy (non-hydrogen) atoms. The lowest BCUT2D eigenvalue weighted by Gasteiger charge is -2.32. The predicted octanol–water partition coefficient (Wildman–Crippen LogP) is 1.53. The van der Waals surface area contributed by atoms with E-state index in [9.17, 15) is 8.42 Å². The minimum Gasteiger partial charge on any atom is -0.316 e. The number of hydrogen-bond donors (Lipinski definition) is 1. The smallest absolute Gasteiger partial charge is 0.243 e. The van der Waals surface area contributed by atoms with Gasteiger partial charge < -0.3 is 5.32 Å². The molecule has 2 rings (SSSR count). The zero-order valence-corrected chi connectivity index (χ0v) is 12.9. The van der Waals surface area contributed by atoms with Crippen LogP contribution in [0, 0.1) is 0 Å². The second-order valence-electron chi connectivity index (χ2n) is 4.72. The zero-order chi connectivity index (χ0) is 13.9. The van der Waals surface area contributed by atoms with E-state index < -0.39 is 10.0 Å². The fourth-order valence-electron chi connectivity index (χ4n) is 2.22. The van der Waals surface area contributed by atoms with Gasteiger partial charge in [-0.3, -0.25) is 0 Å². The lowest BCUT2D eigenvalue weighted by molar-refractivity contribution is 0.367. The molecule has 0 spiro atoms. The van der Waals surface area contributed by atoms with Gasteiger partial charge in [0.2, 0.25) is 10.0 Å². The topological polar surface area (TPSA) is 49.4 Å². The summed E-state index contributed by atoms with van der Waals surface area (Å²) in [7, 11) is -1.51. The summed E-state index contributed by atoms with van der Waals surface area (Å²) in [4.78, 5) is 0.402. The Balaban J connectivity index is 2.30. The molecule has 4 nitrogen and oxygen atoms in total. The molecular formula is C13H20N2O2S2. The molecule has 106 valence electrons. The molecule has 0 aromatic heterocycles. The van der Waals surface area contributed by atoms with Crippen LogP contribution < -0.4 is 5.32 Å². The molecular weight excluding hydrogens is 280 g/mol. The Morgan fingerprint density at radius 1 is 1.47 bits per heavy atom. The molecule has 1 aromatic rings. The molecule has 0 aliphatic carbocycles. The van der Waals surface area contributed by atoms with Crippen molar-refractivity contribution in [1.29, 1.82) is 0 Å². The highest BCUT2D eigenvalue weighted by Crippen LogP contribution is 2.24. The number of nitrogens with one attached hydrogen (secondary N) is 1. The van der Waals surface area contributed by atoms with Crippen LogP contribution >= 0.6 is 11.8 Å². The van der Waals surface area contributed by atoms with E-state index in [0.717, 1.165) is 17.1 Å². The Labute approximate surface area is 119 Å². The first-order valence-corrected chi connectivity index (χ1v) is 8.98. The summed E-state index contributed by atoms with van der Waals surface area (Å²) in [6.45, 7) is 3.25. The highest BCUT2D eigenvalue weighted by atomic mass is 32.2. The fraction of sp³-hybridized carbons (Fsp3) is 0.538. The SMILES string of the molecule is CNCc1cccc(S(=O)(=O)N2CCSCC2C)c1. The number of sulfonamides is 1. The van der Waals surface area contributed by atoms with Crippen molar-refractivity contribution in [2.75, 3.05) is 25.1 Å². The van der Waals surface area contributed by atoms with Crippen LogP contribution in [-0.4, -0.2) is 43.9 Å². The van der Waals surface area contributed by atoms with Gasteiger partial charge in [-0.15, -0.1) is 0 Å². The minimum atomic E-state index is -3.36. The third-order valence-electron chi connectivity index (χ3n) is 3.19. The Morgan fingerprint density at radius 3 is 2.95 bits per heavy atom. The van der Waals surface area contributed by atoms with Crippen molar-refractivity contribution < 1.29 is 8.42 Å². The molecule has 0 amide bonds. The molecule has 0 radical (unpaired) electrons. The average Bonchev–Trinajstić information content (AvgIpc) is 2.40. The van der Waals surface area contributed by atoms with Crippen LogP contribution in [0.5, 0.6) is 0 Å². The van der Waals surface area contributed by atoms with Gasteiger partial charge in [0.15, 0.2) is 0 Å². The van der Waals surface area contributed by atoms with Crippen molar-refractivity contribution in [2.24, 2.45) is 0 Å². The van der Waals surface area contributed by atoms with E-state index >= 15 is 0 Å². The second-order valence-corrected chi connectivity index (χ2v) is 7.76. The monoisotopic (exact) mass is 300 g/mol. The summed E-state index contributed by atoms with van der Waals surface area (Å²) in [5, 5.41) is 3.04. The van der Waals surface area contributed by atoms with Crippen molar-refractivity contribution in [1.82, 2.24) is 9.62 Å². The number of thioether (sulfide) groups is 1. The lowest BCUT2D eigenvalue weighted by Crippen LogP contribution is -2.44. The van der Waals surface area contributed by atoms with Crippen molar-refractivity contribution in [3.8, 4) is 0 Å². The van der Waals surface area contributed by atoms with Gasteiger partial charge in [0.05, 0.1) is 4.90 Å². The highest BCUT2D eigenvalue weighted by molar-refractivity contribution is 7.99. The van der Waals surface area contributed by atoms with Crippen LogP contribution in [0.4, 0.5) is 0 Å². The van der Waals surface area contributed by atoms with Crippen LogP contribution in [0.25, 0.3) is 0 Å². The summed E-state index contributed by atoms with van der Waals surface area (Å²) in [6, 6.07) is 7.26. The first-order valence-electron chi connectivity index (χ1n) is 6.39. The summed E-state index contributed by atoms with van der Waals surface area (Å²) in [5.74, 6) is 1.75. The van der Waals surface area contributed by atoms with E-state index in [0.29, 0.717) is 18.0 Å². The summed E-state index contributed by atoms with van der Waals surface area (Å²) < 4.78 is 26.9. The number of benzene rings is 1. The van der Waals surface area contributed by atoms with Gasteiger partial charge in [-0.2, -0.15) is 16.1 Å². The van der Waals surface area contributed by atoms with Gasteiger partial charge >= 0.3 is 0 Å². The van der Waals surface area contributed by atoms with Crippen LogP contribution in [-0.2, 0) is 16.6 Å². The third kappa shape index (κ3) is 3.31. The van der Waals surface area contributed by atoms with Crippen molar-refractivity contribution >= 4 is 21.8 Å². The van der Waals surface area contributed by atoms with Crippen LogP contribution in [0.2, 0.25) is 0 Å². The van der Waals surface area contributed by atoms with Crippen molar-refractivity contribution in [2.45, 2.75) is 24.4 Å². The minimum absolute atomic E-state index is 0.0664. The number of nitrogens with zero attached hydrogens (tertiary/aromatic N) is 1. The van der Waals surface area contributed by atoms with E-state index in [4.69, 9.17) is 0 Å². The first-order chi connectivity index (χ1) is 9.05. The maximum absolute atomic E-state index is 12.7. The maximum Gasteiger partial charge on any atom is 0.243 e. The van der Waals surface area contributed by atoms with Gasteiger partial charge in [0.1, 0.15) is 0 Å². The molecule has 0 saturated carbocycles.